The summed E-state index contributed by atoms with van der Waals surface area (Å²) in [6.07, 6.45) is 0. The number of benzene rings is 2. The Balaban J connectivity index is 2.13. The maximum atomic E-state index is 12.2. The van der Waals surface area contributed by atoms with Crippen molar-refractivity contribution in [2.24, 2.45) is 0 Å². The number of ether oxygens (including phenoxy) is 1. The fraction of sp³-hybridized carbons (Fsp3) is 0.188. The van der Waals surface area contributed by atoms with Gasteiger partial charge in [0.1, 0.15) is 6.61 Å². The minimum atomic E-state index is -1.22. The molecule has 0 spiro atoms. The fourth-order valence-corrected chi connectivity index (χ4v) is 3.10. The molecule has 1 atom stereocenters. The van der Waals surface area contributed by atoms with E-state index < -0.39 is 16.8 Å². The molecule has 0 aliphatic rings. The Morgan fingerprint density at radius 1 is 1.14 bits per heavy atom. The lowest BCUT2D eigenvalue weighted by atomic mass is 10.2. The molecule has 3 nitrogen and oxygen atoms in total. The molecule has 0 radical (unpaired) electrons. The third-order valence-corrected chi connectivity index (χ3v) is 5.08. The lowest BCUT2D eigenvalue weighted by Gasteiger charge is -2.09. The zero-order chi connectivity index (χ0) is 16.1. The van der Waals surface area contributed by atoms with Crippen molar-refractivity contribution in [2.75, 3.05) is 5.75 Å². The van der Waals surface area contributed by atoms with Crippen LogP contribution in [0.2, 0.25) is 10.0 Å². The highest BCUT2D eigenvalue weighted by atomic mass is 35.5. The first-order valence-electron chi connectivity index (χ1n) is 6.61. The summed E-state index contributed by atoms with van der Waals surface area (Å²) in [4.78, 5) is 12.7. The van der Waals surface area contributed by atoms with Crippen LogP contribution in [0, 0.1) is 0 Å². The van der Waals surface area contributed by atoms with E-state index >= 15 is 0 Å². The van der Waals surface area contributed by atoms with Gasteiger partial charge in [0.2, 0.25) is 0 Å². The molecule has 0 amide bonds. The van der Waals surface area contributed by atoms with Crippen molar-refractivity contribution in [2.45, 2.75) is 18.4 Å². The highest BCUT2D eigenvalue weighted by molar-refractivity contribution is 7.85. The van der Waals surface area contributed by atoms with Crippen LogP contribution in [0.15, 0.2) is 47.4 Å². The Bertz CT molecular complexity index is 716. The summed E-state index contributed by atoms with van der Waals surface area (Å²) in [5.41, 5.74) is 1.06. The summed E-state index contributed by atoms with van der Waals surface area (Å²) in [6.45, 7) is 1.87. The summed E-state index contributed by atoms with van der Waals surface area (Å²) in [5.74, 6) is -0.0691. The zero-order valence-electron chi connectivity index (χ0n) is 11.8. The molecule has 0 fully saturated rings. The second-order valence-corrected chi connectivity index (χ2v) is 6.98. The maximum absolute atomic E-state index is 12.2. The molecule has 0 heterocycles. The second kappa shape index (κ2) is 7.77. The van der Waals surface area contributed by atoms with E-state index in [-0.39, 0.29) is 6.61 Å². The first kappa shape index (κ1) is 17.0. The molecular weight excluding hydrogens is 343 g/mol. The van der Waals surface area contributed by atoms with Crippen molar-refractivity contribution in [3.05, 3.63) is 63.6 Å². The van der Waals surface area contributed by atoms with Crippen molar-refractivity contribution in [3.8, 4) is 0 Å². The van der Waals surface area contributed by atoms with Crippen LogP contribution >= 0.6 is 23.2 Å². The smallest absolute Gasteiger partial charge is 0.339 e. The molecular formula is C16H14Cl2O3S. The van der Waals surface area contributed by atoms with Gasteiger partial charge in [-0.05, 0) is 29.8 Å². The third kappa shape index (κ3) is 4.09. The van der Waals surface area contributed by atoms with Crippen molar-refractivity contribution < 1.29 is 13.7 Å². The topological polar surface area (TPSA) is 43.4 Å². The normalized spacial score (nSPS) is 12.0. The van der Waals surface area contributed by atoms with Crippen molar-refractivity contribution in [3.63, 3.8) is 0 Å². The molecule has 22 heavy (non-hydrogen) atoms. The molecule has 0 saturated heterocycles. The predicted octanol–water partition coefficient (Wildman–Crippen LogP) is 4.48. The summed E-state index contributed by atoms with van der Waals surface area (Å²) >= 11 is 11.8. The van der Waals surface area contributed by atoms with Gasteiger partial charge < -0.3 is 4.74 Å². The summed E-state index contributed by atoms with van der Waals surface area (Å²) in [6, 6.07) is 11.8. The van der Waals surface area contributed by atoms with Gasteiger partial charge in [-0.15, -0.1) is 0 Å². The van der Waals surface area contributed by atoms with Gasteiger partial charge in [-0.1, -0.05) is 48.3 Å². The fourth-order valence-electron chi connectivity index (χ4n) is 1.85. The minimum Gasteiger partial charge on any atom is -0.457 e. The van der Waals surface area contributed by atoms with Gasteiger partial charge in [0.05, 0.1) is 31.3 Å². The largest absolute Gasteiger partial charge is 0.457 e. The summed E-state index contributed by atoms with van der Waals surface area (Å²) < 4.78 is 17.2. The number of carbonyl (C=O) groups is 1. The second-order valence-electron chi connectivity index (χ2n) is 4.45. The van der Waals surface area contributed by atoms with Crippen LogP contribution in [0.5, 0.6) is 0 Å². The third-order valence-electron chi connectivity index (χ3n) is 2.97. The van der Waals surface area contributed by atoms with Crippen LogP contribution in [0.3, 0.4) is 0 Å². The number of esters is 1. The van der Waals surface area contributed by atoms with Gasteiger partial charge in [0.15, 0.2) is 0 Å². The van der Waals surface area contributed by atoms with Gasteiger partial charge in [-0.2, -0.15) is 0 Å². The number of carbonyl (C=O) groups excluding carboxylic acids is 1. The minimum absolute atomic E-state index is 0.0722. The lowest BCUT2D eigenvalue weighted by molar-refractivity contribution is 0.0468. The number of rotatable bonds is 5. The Labute approximate surface area is 141 Å². The van der Waals surface area contributed by atoms with Crippen LogP contribution in [0.4, 0.5) is 0 Å². The van der Waals surface area contributed by atoms with E-state index in [9.17, 15) is 9.00 Å². The number of halogens is 2. The molecule has 0 aliphatic heterocycles. The highest BCUT2D eigenvalue weighted by Gasteiger charge is 2.16. The summed E-state index contributed by atoms with van der Waals surface area (Å²) in [5, 5.41) is 0.850. The van der Waals surface area contributed by atoms with Crippen molar-refractivity contribution in [1.82, 2.24) is 0 Å². The Hall–Kier alpha value is -1.36. The number of hydrogen-bond donors (Lipinski definition) is 0. The van der Waals surface area contributed by atoms with E-state index in [1.54, 1.807) is 49.4 Å². The predicted molar refractivity (Wildman–Crippen MR) is 89.0 cm³/mol. The molecule has 0 aliphatic carbocycles. The van der Waals surface area contributed by atoms with Crippen LogP contribution in [-0.2, 0) is 22.1 Å². The molecule has 0 aromatic heterocycles. The van der Waals surface area contributed by atoms with Crippen molar-refractivity contribution >= 4 is 40.0 Å². The molecule has 6 heteroatoms. The molecule has 0 bridgehead atoms. The monoisotopic (exact) mass is 356 g/mol. The van der Waals surface area contributed by atoms with Gasteiger partial charge in [-0.3, -0.25) is 4.21 Å². The first-order valence-corrected chi connectivity index (χ1v) is 8.69. The van der Waals surface area contributed by atoms with E-state index in [1.165, 1.54) is 0 Å². The molecule has 2 aromatic rings. The lowest BCUT2D eigenvalue weighted by Crippen LogP contribution is -2.10. The molecule has 2 aromatic carbocycles. The zero-order valence-corrected chi connectivity index (χ0v) is 14.2. The average Bonchev–Trinajstić information content (AvgIpc) is 2.55. The Morgan fingerprint density at radius 3 is 2.55 bits per heavy atom. The average molecular weight is 357 g/mol. The molecule has 116 valence electrons. The molecule has 2 rings (SSSR count). The first-order chi connectivity index (χ1) is 10.5. The molecule has 0 saturated carbocycles. The van der Waals surface area contributed by atoms with E-state index in [0.717, 1.165) is 5.56 Å². The van der Waals surface area contributed by atoms with E-state index in [1.807, 2.05) is 0 Å². The van der Waals surface area contributed by atoms with E-state index in [4.69, 9.17) is 27.9 Å². The highest BCUT2D eigenvalue weighted by Crippen LogP contribution is 2.23. The number of hydrogen-bond acceptors (Lipinski definition) is 3. The van der Waals surface area contributed by atoms with Crippen LogP contribution in [0.25, 0.3) is 0 Å². The van der Waals surface area contributed by atoms with Gasteiger partial charge in [-0.25, -0.2) is 4.79 Å². The van der Waals surface area contributed by atoms with Gasteiger partial charge >= 0.3 is 5.97 Å². The Morgan fingerprint density at radius 2 is 1.86 bits per heavy atom. The SMILES string of the molecule is CCS(=O)c1ccccc1C(=O)OCc1ccc(Cl)c(Cl)c1. The Kier molecular flexibility index (Phi) is 6.00. The molecule has 1 unspecified atom stereocenters. The quantitative estimate of drug-likeness (QED) is 0.741. The maximum Gasteiger partial charge on any atom is 0.339 e. The van der Waals surface area contributed by atoms with Gasteiger partial charge in [0.25, 0.3) is 0 Å². The van der Waals surface area contributed by atoms with E-state index in [2.05, 4.69) is 0 Å². The molecule has 0 N–H and O–H groups in total. The summed E-state index contributed by atoms with van der Waals surface area (Å²) in [7, 11) is -1.22. The van der Waals surface area contributed by atoms with Crippen LogP contribution in [0.1, 0.15) is 22.8 Å². The van der Waals surface area contributed by atoms with Crippen molar-refractivity contribution in [1.29, 1.82) is 0 Å². The van der Waals surface area contributed by atoms with Crippen LogP contribution in [-0.4, -0.2) is 15.9 Å². The van der Waals surface area contributed by atoms with Gasteiger partial charge in [0, 0.05) is 5.75 Å². The van der Waals surface area contributed by atoms with Crippen LogP contribution < -0.4 is 0 Å². The standard InChI is InChI=1S/C16H14Cl2O3S/c1-2-22(20)15-6-4-3-5-12(15)16(19)21-10-11-7-8-13(17)14(18)9-11/h3-9H,2,10H2,1H3. The van der Waals surface area contributed by atoms with E-state index in [0.29, 0.717) is 26.3 Å².